The SMILES string of the molecule is Nc1nn(-c2ccccc2)cc1-c1ccncc1. The van der Waals surface area contributed by atoms with Crippen molar-refractivity contribution in [2.45, 2.75) is 0 Å². The molecular formula is C14H12N4. The van der Waals surface area contributed by atoms with Crippen molar-refractivity contribution in [3.8, 4) is 16.8 Å². The molecule has 2 heterocycles. The van der Waals surface area contributed by atoms with E-state index in [1.807, 2.05) is 48.7 Å². The summed E-state index contributed by atoms with van der Waals surface area (Å²) in [6, 6.07) is 13.7. The van der Waals surface area contributed by atoms with Gasteiger partial charge in [0.2, 0.25) is 0 Å². The molecule has 88 valence electrons. The summed E-state index contributed by atoms with van der Waals surface area (Å²) >= 11 is 0. The molecule has 2 aromatic heterocycles. The Kier molecular flexibility index (Phi) is 2.53. The van der Waals surface area contributed by atoms with E-state index in [2.05, 4.69) is 10.1 Å². The molecular weight excluding hydrogens is 224 g/mol. The van der Waals surface area contributed by atoms with Crippen molar-refractivity contribution >= 4 is 5.82 Å². The summed E-state index contributed by atoms with van der Waals surface area (Å²) in [5.41, 5.74) is 8.88. The Balaban J connectivity index is 2.07. The largest absolute Gasteiger partial charge is 0.382 e. The summed E-state index contributed by atoms with van der Waals surface area (Å²) in [5, 5.41) is 4.33. The standard InChI is InChI=1S/C14H12N4/c15-14-13(11-6-8-16-9-7-11)10-18(17-14)12-4-2-1-3-5-12/h1-10H,(H2,15,17). The van der Waals surface area contributed by atoms with Gasteiger partial charge in [0.1, 0.15) is 0 Å². The first-order chi connectivity index (χ1) is 8.84. The highest BCUT2D eigenvalue weighted by molar-refractivity contribution is 5.73. The number of anilines is 1. The smallest absolute Gasteiger partial charge is 0.153 e. The van der Waals surface area contributed by atoms with Crippen LogP contribution >= 0.6 is 0 Å². The number of nitrogens with zero attached hydrogens (tertiary/aromatic N) is 3. The molecule has 1 aromatic carbocycles. The van der Waals surface area contributed by atoms with Crippen LogP contribution in [0.4, 0.5) is 5.82 Å². The molecule has 0 aliphatic heterocycles. The Labute approximate surface area is 105 Å². The summed E-state index contributed by atoms with van der Waals surface area (Å²) in [5.74, 6) is 0.519. The summed E-state index contributed by atoms with van der Waals surface area (Å²) < 4.78 is 1.78. The lowest BCUT2D eigenvalue weighted by molar-refractivity contribution is 0.886. The number of rotatable bonds is 2. The van der Waals surface area contributed by atoms with Crippen LogP contribution in [0.25, 0.3) is 16.8 Å². The van der Waals surface area contributed by atoms with Crippen molar-refractivity contribution in [1.82, 2.24) is 14.8 Å². The predicted octanol–water partition coefficient (Wildman–Crippen LogP) is 2.52. The third-order valence-electron chi connectivity index (χ3n) is 2.75. The van der Waals surface area contributed by atoms with E-state index in [1.54, 1.807) is 17.1 Å². The molecule has 0 aliphatic rings. The van der Waals surface area contributed by atoms with Crippen LogP contribution in [0, 0.1) is 0 Å². The zero-order valence-corrected chi connectivity index (χ0v) is 9.69. The third kappa shape index (κ3) is 1.84. The molecule has 3 rings (SSSR count). The van der Waals surface area contributed by atoms with Crippen LogP contribution in [0.3, 0.4) is 0 Å². The molecule has 2 N–H and O–H groups in total. The number of hydrogen-bond acceptors (Lipinski definition) is 3. The zero-order chi connectivity index (χ0) is 12.4. The summed E-state index contributed by atoms with van der Waals surface area (Å²) in [6.45, 7) is 0. The van der Waals surface area contributed by atoms with Crippen LogP contribution < -0.4 is 5.73 Å². The highest BCUT2D eigenvalue weighted by Gasteiger charge is 2.08. The second-order valence-corrected chi connectivity index (χ2v) is 3.94. The quantitative estimate of drug-likeness (QED) is 0.743. The van der Waals surface area contributed by atoms with E-state index >= 15 is 0 Å². The average molecular weight is 236 g/mol. The molecule has 0 aliphatic carbocycles. The van der Waals surface area contributed by atoms with Crippen molar-refractivity contribution in [3.63, 3.8) is 0 Å². The first kappa shape index (κ1) is 10.5. The summed E-state index contributed by atoms with van der Waals surface area (Å²) in [4.78, 5) is 4.00. The van der Waals surface area contributed by atoms with E-state index in [-0.39, 0.29) is 0 Å². The Morgan fingerprint density at radius 2 is 1.67 bits per heavy atom. The van der Waals surface area contributed by atoms with Gasteiger partial charge in [-0.15, -0.1) is 0 Å². The Morgan fingerprint density at radius 1 is 0.944 bits per heavy atom. The van der Waals surface area contributed by atoms with E-state index in [1.165, 1.54) is 0 Å². The van der Waals surface area contributed by atoms with Crippen molar-refractivity contribution < 1.29 is 0 Å². The average Bonchev–Trinajstić information content (AvgIpc) is 2.83. The van der Waals surface area contributed by atoms with Crippen LogP contribution in [0.15, 0.2) is 61.1 Å². The molecule has 3 aromatic rings. The van der Waals surface area contributed by atoms with E-state index in [0.717, 1.165) is 16.8 Å². The molecule has 0 bridgehead atoms. The monoisotopic (exact) mass is 236 g/mol. The number of pyridine rings is 1. The normalized spacial score (nSPS) is 10.4. The molecule has 0 saturated heterocycles. The Hall–Kier alpha value is -2.62. The molecule has 0 amide bonds. The van der Waals surface area contributed by atoms with Gasteiger partial charge in [0.05, 0.1) is 5.69 Å². The zero-order valence-electron chi connectivity index (χ0n) is 9.69. The van der Waals surface area contributed by atoms with Gasteiger partial charge in [0.25, 0.3) is 0 Å². The van der Waals surface area contributed by atoms with E-state index in [4.69, 9.17) is 5.73 Å². The third-order valence-corrected chi connectivity index (χ3v) is 2.75. The van der Waals surface area contributed by atoms with Crippen LogP contribution in [0.2, 0.25) is 0 Å². The first-order valence-electron chi connectivity index (χ1n) is 5.65. The van der Waals surface area contributed by atoms with E-state index in [9.17, 15) is 0 Å². The maximum atomic E-state index is 5.96. The molecule has 4 nitrogen and oxygen atoms in total. The van der Waals surface area contributed by atoms with Gasteiger partial charge in [0.15, 0.2) is 5.82 Å². The molecule has 0 spiro atoms. The number of hydrogen-bond donors (Lipinski definition) is 1. The number of nitrogens with two attached hydrogens (primary N) is 1. The topological polar surface area (TPSA) is 56.7 Å². The minimum absolute atomic E-state index is 0.519. The molecule has 0 saturated carbocycles. The van der Waals surface area contributed by atoms with Crippen molar-refractivity contribution in [3.05, 3.63) is 61.1 Å². The minimum Gasteiger partial charge on any atom is -0.382 e. The van der Waals surface area contributed by atoms with Gasteiger partial charge in [-0.1, -0.05) is 18.2 Å². The summed E-state index contributed by atoms with van der Waals surface area (Å²) in [7, 11) is 0. The van der Waals surface area contributed by atoms with Crippen LogP contribution in [0.1, 0.15) is 0 Å². The fourth-order valence-corrected chi connectivity index (χ4v) is 1.85. The van der Waals surface area contributed by atoms with Crippen LogP contribution in [-0.2, 0) is 0 Å². The highest BCUT2D eigenvalue weighted by atomic mass is 15.3. The second kappa shape index (κ2) is 4.33. The van der Waals surface area contributed by atoms with E-state index in [0.29, 0.717) is 5.82 Å². The van der Waals surface area contributed by atoms with Crippen molar-refractivity contribution in [2.75, 3.05) is 5.73 Å². The minimum atomic E-state index is 0.519. The molecule has 0 radical (unpaired) electrons. The highest BCUT2D eigenvalue weighted by Crippen LogP contribution is 2.25. The number of para-hydroxylation sites is 1. The van der Waals surface area contributed by atoms with Gasteiger partial charge in [-0.3, -0.25) is 4.98 Å². The van der Waals surface area contributed by atoms with Gasteiger partial charge >= 0.3 is 0 Å². The maximum absolute atomic E-state index is 5.96. The molecule has 0 atom stereocenters. The van der Waals surface area contributed by atoms with Crippen LogP contribution in [-0.4, -0.2) is 14.8 Å². The lowest BCUT2D eigenvalue weighted by Gasteiger charge is -1.98. The summed E-state index contributed by atoms with van der Waals surface area (Å²) in [6.07, 6.45) is 5.42. The predicted molar refractivity (Wildman–Crippen MR) is 71.2 cm³/mol. The van der Waals surface area contributed by atoms with Gasteiger partial charge in [-0.25, -0.2) is 4.68 Å². The van der Waals surface area contributed by atoms with Crippen molar-refractivity contribution in [2.24, 2.45) is 0 Å². The molecule has 18 heavy (non-hydrogen) atoms. The van der Waals surface area contributed by atoms with Gasteiger partial charge in [-0.05, 0) is 29.8 Å². The van der Waals surface area contributed by atoms with E-state index < -0.39 is 0 Å². The second-order valence-electron chi connectivity index (χ2n) is 3.94. The Morgan fingerprint density at radius 3 is 2.39 bits per heavy atom. The molecule has 0 unspecified atom stereocenters. The lowest BCUT2D eigenvalue weighted by atomic mass is 10.1. The van der Waals surface area contributed by atoms with Gasteiger partial charge < -0.3 is 5.73 Å². The fraction of sp³-hybridized carbons (Fsp3) is 0. The molecule has 0 fully saturated rings. The fourth-order valence-electron chi connectivity index (χ4n) is 1.85. The van der Waals surface area contributed by atoms with Gasteiger partial charge in [-0.2, -0.15) is 5.10 Å². The lowest BCUT2D eigenvalue weighted by Crippen LogP contribution is -1.95. The van der Waals surface area contributed by atoms with Crippen molar-refractivity contribution in [1.29, 1.82) is 0 Å². The Bertz CT molecular complexity index is 644. The molecule has 4 heteroatoms. The maximum Gasteiger partial charge on any atom is 0.153 e. The van der Waals surface area contributed by atoms with Crippen LogP contribution in [0.5, 0.6) is 0 Å². The number of benzene rings is 1. The first-order valence-corrected chi connectivity index (χ1v) is 5.65. The van der Waals surface area contributed by atoms with Gasteiger partial charge in [0, 0.05) is 24.2 Å². The number of aromatic nitrogens is 3. The number of nitrogen functional groups attached to an aromatic ring is 1.